The first-order valence-corrected chi connectivity index (χ1v) is 10.2. The number of carboxylic acids is 1. The lowest BCUT2D eigenvalue weighted by Gasteiger charge is -2.09. The van der Waals surface area contributed by atoms with Crippen LogP contribution >= 0.6 is 23.4 Å². The number of nitrogens with one attached hydrogen (secondary N) is 1. The second-order valence-corrected chi connectivity index (χ2v) is 8.24. The molecular formula is C16H12ClN3O5S2. The number of sulfonamides is 1. The molecule has 3 rings (SSSR count). The maximum atomic E-state index is 12.6. The van der Waals surface area contributed by atoms with Crippen molar-refractivity contribution in [2.75, 3.05) is 10.5 Å². The fourth-order valence-electron chi connectivity index (χ4n) is 2.07. The first kappa shape index (κ1) is 19.2. The SMILES string of the molecule is O=C(O)CSc1nnc(-c2cccc(S(=O)(=O)Nc3cccc(Cl)c3)c2)o1. The molecule has 11 heteroatoms. The Morgan fingerprint density at radius 2 is 1.96 bits per heavy atom. The number of nitrogens with zero attached hydrogens (tertiary/aromatic N) is 2. The van der Waals surface area contributed by atoms with Gasteiger partial charge in [-0.15, -0.1) is 10.2 Å². The zero-order valence-electron chi connectivity index (χ0n) is 13.5. The number of halogens is 1. The zero-order chi connectivity index (χ0) is 19.4. The van der Waals surface area contributed by atoms with Crippen LogP contribution in [0, 0.1) is 0 Å². The Labute approximate surface area is 163 Å². The number of rotatable bonds is 7. The lowest BCUT2D eigenvalue weighted by atomic mass is 10.2. The zero-order valence-corrected chi connectivity index (χ0v) is 15.9. The number of benzene rings is 2. The molecule has 3 aromatic rings. The van der Waals surface area contributed by atoms with Gasteiger partial charge in [0, 0.05) is 10.6 Å². The van der Waals surface area contributed by atoms with Crippen LogP contribution in [0.5, 0.6) is 0 Å². The lowest BCUT2D eigenvalue weighted by molar-refractivity contribution is -0.133. The predicted molar refractivity (Wildman–Crippen MR) is 100 cm³/mol. The third-order valence-corrected chi connectivity index (χ3v) is 5.61. The van der Waals surface area contributed by atoms with Crippen molar-refractivity contribution in [2.24, 2.45) is 0 Å². The molecule has 0 radical (unpaired) electrons. The van der Waals surface area contributed by atoms with E-state index in [1.54, 1.807) is 24.3 Å². The predicted octanol–water partition coefficient (Wildman–Crippen LogP) is 3.37. The van der Waals surface area contributed by atoms with Gasteiger partial charge in [-0.1, -0.05) is 35.5 Å². The van der Waals surface area contributed by atoms with Gasteiger partial charge in [-0.2, -0.15) is 0 Å². The number of carboxylic acid groups (broad SMARTS) is 1. The summed E-state index contributed by atoms with van der Waals surface area (Å²) in [4.78, 5) is 10.6. The summed E-state index contributed by atoms with van der Waals surface area (Å²) in [7, 11) is -3.86. The quantitative estimate of drug-likeness (QED) is 0.552. The molecule has 0 spiro atoms. The fraction of sp³-hybridized carbons (Fsp3) is 0.0625. The molecule has 0 aliphatic rings. The van der Waals surface area contributed by atoms with Crippen LogP contribution in [0.1, 0.15) is 0 Å². The highest BCUT2D eigenvalue weighted by molar-refractivity contribution is 7.99. The summed E-state index contributed by atoms with van der Waals surface area (Å²) in [5.74, 6) is -1.15. The van der Waals surface area contributed by atoms with Crippen molar-refractivity contribution in [3.05, 3.63) is 53.6 Å². The monoisotopic (exact) mass is 425 g/mol. The van der Waals surface area contributed by atoms with Crippen LogP contribution in [-0.2, 0) is 14.8 Å². The molecule has 0 unspecified atom stereocenters. The number of carbonyl (C=O) groups is 1. The van der Waals surface area contributed by atoms with E-state index in [-0.39, 0.29) is 21.8 Å². The van der Waals surface area contributed by atoms with Crippen molar-refractivity contribution in [3.63, 3.8) is 0 Å². The van der Waals surface area contributed by atoms with Crippen molar-refractivity contribution in [1.82, 2.24) is 10.2 Å². The third kappa shape index (κ3) is 5.00. The van der Waals surface area contributed by atoms with Crippen molar-refractivity contribution in [2.45, 2.75) is 10.1 Å². The fourth-order valence-corrected chi connectivity index (χ4v) is 3.84. The average Bonchev–Trinajstić information content (AvgIpc) is 3.09. The van der Waals surface area contributed by atoms with E-state index in [0.717, 1.165) is 11.8 Å². The molecule has 0 fully saturated rings. The van der Waals surface area contributed by atoms with E-state index in [1.807, 2.05) is 0 Å². The van der Waals surface area contributed by atoms with Crippen LogP contribution in [0.3, 0.4) is 0 Å². The normalized spacial score (nSPS) is 11.3. The largest absolute Gasteiger partial charge is 0.481 e. The van der Waals surface area contributed by atoms with Gasteiger partial charge in [0.25, 0.3) is 15.2 Å². The molecule has 1 heterocycles. The molecule has 2 aromatic carbocycles. The lowest BCUT2D eigenvalue weighted by Crippen LogP contribution is -2.12. The minimum Gasteiger partial charge on any atom is -0.481 e. The number of aromatic nitrogens is 2. The Morgan fingerprint density at radius 1 is 1.19 bits per heavy atom. The highest BCUT2D eigenvalue weighted by atomic mass is 35.5. The van der Waals surface area contributed by atoms with E-state index in [2.05, 4.69) is 14.9 Å². The second-order valence-electron chi connectivity index (χ2n) is 5.20. The average molecular weight is 426 g/mol. The standard InChI is InChI=1S/C16H12ClN3O5S2/c17-11-4-2-5-12(8-11)20-27(23,24)13-6-1-3-10(7-13)15-18-19-16(25-15)26-9-14(21)22/h1-8,20H,9H2,(H,21,22). The Balaban J connectivity index is 1.83. The van der Waals surface area contributed by atoms with Gasteiger partial charge < -0.3 is 9.52 Å². The first-order valence-electron chi connectivity index (χ1n) is 7.40. The highest BCUT2D eigenvalue weighted by Gasteiger charge is 2.17. The van der Waals surface area contributed by atoms with Gasteiger partial charge in [0.1, 0.15) is 5.75 Å². The molecule has 2 N–H and O–H groups in total. The van der Waals surface area contributed by atoms with Crippen LogP contribution in [-0.4, -0.2) is 35.4 Å². The first-order chi connectivity index (χ1) is 12.8. The van der Waals surface area contributed by atoms with Crippen LogP contribution < -0.4 is 4.72 Å². The molecule has 0 bridgehead atoms. The Morgan fingerprint density at radius 3 is 2.70 bits per heavy atom. The molecule has 0 aliphatic heterocycles. The molecule has 0 amide bonds. The van der Waals surface area contributed by atoms with E-state index in [9.17, 15) is 13.2 Å². The third-order valence-electron chi connectivity index (χ3n) is 3.19. The van der Waals surface area contributed by atoms with Crippen LogP contribution in [0.15, 0.2) is 63.1 Å². The van der Waals surface area contributed by atoms with E-state index < -0.39 is 16.0 Å². The van der Waals surface area contributed by atoms with Crippen molar-refractivity contribution < 1.29 is 22.7 Å². The Kier molecular flexibility index (Phi) is 5.68. The highest BCUT2D eigenvalue weighted by Crippen LogP contribution is 2.26. The summed E-state index contributed by atoms with van der Waals surface area (Å²) >= 11 is 6.75. The van der Waals surface area contributed by atoms with Gasteiger partial charge in [0.05, 0.1) is 10.6 Å². The molecule has 0 saturated heterocycles. The second kappa shape index (κ2) is 7.99. The van der Waals surface area contributed by atoms with Crippen LogP contribution in [0.25, 0.3) is 11.5 Å². The summed E-state index contributed by atoms with van der Waals surface area (Å²) < 4.78 is 33.0. The topological polar surface area (TPSA) is 122 Å². The van der Waals surface area contributed by atoms with Crippen LogP contribution in [0.2, 0.25) is 5.02 Å². The van der Waals surface area contributed by atoms with E-state index in [1.165, 1.54) is 24.3 Å². The number of hydrogen-bond acceptors (Lipinski definition) is 7. The number of aliphatic carboxylic acids is 1. The summed E-state index contributed by atoms with van der Waals surface area (Å²) in [6.45, 7) is 0. The molecule has 0 atom stereocenters. The van der Waals surface area contributed by atoms with Crippen LogP contribution in [0.4, 0.5) is 5.69 Å². The van der Waals surface area contributed by atoms with Gasteiger partial charge in [0.2, 0.25) is 5.89 Å². The minimum absolute atomic E-state index is 0.00193. The summed E-state index contributed by atoms with van der Waals surface area (Å²) in [5.41, 5.74) is 0.719. The smallest absolute Gasteiger partial charge is 0.314 e. The molecular weight excluding hydrogens is 414 g/mol. The number of anilines is 1. The molecule has 0 aliphatic carbocycles. The summed E-state index contributed by atoms with van der Waals surface area (Å²) in [6, 6.07) is 12.3. The van der Waals surface area contributed by atoms with Gasteiger partial charge in [-0.3, -0.25) is 9.52 Å². The molecule has 1 aromatic heterocycles. The molecule has 8 nitrogen and oxygen atoms in total. The summed E-state index contributed by atoms with van der Waals surface area (Å²) in [5, 5.41) is 16.7. The minimum atomic E-state index is -3.86. The van der Waals surface area contributed by atoms with E-state index in [4.69, 9.17) is 21.1 Å². The molecule has 27 heavy (non-hydrogen) atoms. The van der Waals surface area contributed by atoms with E-state index >= 15 is 0 Å². The van der Waals surface area contributed by atoms with E-state index in [0.29, 0.717) is 16.3 Å². The Hall–Kier alpha value is -2.56. The number of hydrogen-bond donors (Lipinski definition) is 2. The van der Waals surface area contributed by atoms with Crippen molar-refractivity contribution >= 4 is 45.0 Å². The van der Waals surface area contributed by atoms with Crippen molar-refractivity contribution in [3.8, 4) is 11.5 Å². The van der Waals surface area contributed by atoms with Gasteiger partial charge >= 0.3 is 5.97 Å². The van der Waals surface area contributed by atoms with Gasteiger partial charge in [-0.05, 0) is 36.4 Å². The Bertz CT molecular complexity index is 1080. The molecule has 0 saturated carbocycles. The van der Waals surface area contributed by atoms with Gasteiger partial charge in [-0.25, -0.2) is 8.42 Å². The van der Waals surface area contributed by atoms with Gasteiger partial charge in [0.15, 0.2) is 0 Å². The number of thioether (sulfide) groups is 1. The summed E-state index contributed by atoms with van der Waals surface area (Å²) in [6.07, 6.45) is 0. The maximum Gasteiger partial charge on any atom is 0.314 e. The van der Waals surface area contributed by atoms with Crippen molar-refractivity contribution in [1.29, 1.82) is 0 Å². The molecule has 140 valence electrons. The maximum absolute atomic E-state index is 12.6.